The predicted molar refractivity (Wildman–Crippen MR) is 77.0 cm³/mol. The smallest absolute Gasteiger partial charge is 0.293 e. The lowest BCUT2D eigenvalue weighted by molar-refractivity contribution is -0.384. The van der Waals surface area contributed by atoms with E-state index in [1.165, 1.54) is 6.07 Å². The summed E-state index contributed by atoms with van der Waals surface area (Å²) in [6.45, 7) is 2.02. The molecule has 0 aliphatic heterocycles. The van der Waals surface area contributed by atoms with Gasteiger partial charge in [-0.25, -0.2) is 0 Å². The molecule has 6 nitrogen and oxygen atoms in total. The molecule has 1 aliphatic rings. The molecule has 0 radical (unpaired) electrons. The van der Waals surface area contributed by atoms with E-state index in [2.05, 4.69) is 10.6 Å². The molecule has 0 spiro atoms. The van der Waals surface area contributed by atoms with Gasteiger partial charge in [0, 0.05) is 24.2 Å². The van der Waals surface area contributed by atoms with Crippen molar-refractivity contribution in [2.24, 2.45) is 0 Å². The van der Waals surface area contributed by atoms with Crippen molar-refractivity contribution in [1.29, 1.82) is 0 Å². The molecular weight excluding hydrogens is 258 g/mol. The Morgan fingerprint density at radius 2 is 2.00 bits per heavy atom. The first-order chi connectivity index (χ1) is 9.45. The summed E-state index contributed by atoms with van der Waals surface area (Å²) in [6, 6.07) is 4.48. The molecule has 1 saturated carbocycles. The lowest BCUT2D eigenvalue weighted by atomic mass is 10.00. The topological polar surface area (TPSA) is 84.3 Å². The molecule has 1 aliphatic carbocycles. The Balaban J connectivity index is 2.22. The van der Waals surface area contributed by atoms with E-state index in [1.54, 1.807) is 19.2 Å². The summed E-state index contributed by atoms with van der Waals surface area (Å²) in [5.41, 5.74) is 0.451. The van der Waals surface area contributed by atoms with E-state index in [1.807, 2.05) is 6.92 Å². The van der Waals surface area contributed by atoms with Crippen molar-refractivity contribution in [3.8, 4) is 0 Å². The standard InChI is InChI=1S/C14H19N3O3/c1-14(7-3-4-8-14)16-13(18)10-5-6-11(15-2)12(9-10)17(19)20/h5-6,9,15H,3-4,7-8H2,1-2H3,(H,16,18). The molecule has 1 aromatic rings. The molecule has 0 aromatic heterocycles. The largest absolute Gasteiger partial charge is 0.383 e. The Morgan fingerprint density at radius 1 is 1.35 bits per heavy atom. The number of hydrogen-bond donors (Lipinski definition) is 2. The van der Waals surface area contributed by atoms with Crippen LogP contribution >= 0.6 is 0 Å². The zero-order chi connectivity index (χ0) is 14.8. The summed E-state index contributed by atoms with van der Waals surface area (Å²) in [4.78, 5) is 22.7. The van der Waals surface area contributed by atoms with Gasteiger partial charge in [-0.15, -0.1) is 0 Å². The van der Waals surface area contributed by atoms with E-state index < -0.39 is 4.92 Å². The fraction of sp³-hybridized carbons (Fsp3) is 0.500. The first-order valence-corrected chi connectivity index (χ1v) is 6.74. The third-order valence-corrected chi connectivity index (χ3v) is 3.85. The number of benzene rings is 1. The molecule has 0 bridgehead atoms. The minimum Gasteiger partial charge on any atom is -0.383 e. The average molecular weight is 277 g/mol. The van der Waals surface area contributed by atoms with Crippen LogP contribution in [0.3, 0.4) is 0 Å². The Bertz CT molecular complexity index is 536. The average Bonchev–Trinajstić information content (AvgIpc) is 2.84. The zero-order valence-corrected chi connectivity index (χ0v) is 11.7. The molecule has 6 heteroatoms. The summed E-state index contributed by atoms with van der Waals surface area (Å²) < 4.78 is 0. The minimum atomic E-state index is -0.486. The number of nitro groups is 1. The quantitative estimate of drug-likeness (QED) is 0.654. The molecular formula is C14H19N3O3. The third kappa shape index (κ3) is 2.89. The first-order valence-electron chi connectivity index (χ1n) is 6.74. The molecule has 108 valence electrons. The number of nitro benzene ring substituents is 1. The van der Waals surface area contributed by atoms with Gasteiger partial charge in [0.1, 0.15) is 5.69 Å². The third-order valence-electron chi connectivity index (χ3n) is 3.85. The van der Waals surface area contributed by atoms with Gasteiger partial charge in [-0.1, -0.05) is 12.8 Å². The summed E-state index contributed by atoms with van der Waals surface area (Å²) in [5.74, 6) is -0.250. The second-order valence-electron chi connectivity index (χ2n) is 5.46. The Labute approximate surface area is 117 Å². The Morgan fingerprint density at radius 3 is 2.55 bits per heavy atom. The van der Waals surface area contributed by atoms with Gasteiger partial charge in [0.25, 0.3) is 11.6 Å². The van der Waals surface area contributed by atoms with E-state index in [0.717, 1.165) is 25.7 Å². The van der Waals surface area contributed by atoms with Crippen molar-refractivity contribution in [2.75, 3.05) is 12.4 Å². The van der Waals surface area contributed by atoms with Crippen molar-refractivity contribution in [3.05, 3.63) is 33.9 Å². The van der Waals surface area contributed by atoms with E-state index in [-0.39, 0.29) is 17.1 Å². The number of anilines is 1. The second-order valence-corrected chi connectivity index (χ2v) is 5.46. The number of nitrogens with one attached hydrogen (secondary N) is 2. The van der Waals surface area contributed by atoms with Crippen LogP contribution in [0.15, 0.2) is 18.2 Å². The van der Waals surface area contributed by atoms with Crippen LogP contribution in [0.25, 0.3) is 0 Å². The highest BCUT2D eigenvalue weighted by molar-refractivity contribution is 5.96. The number of carbonyl (C=O) groups is 1. The molecule has 1 aromatic carbocycles. The molecule has 0 unspecified atom stereocenters. The van der Waals surface area contributed by atoms with Crippen LogP contribution in [-0.4, -0.2) is 23.4 Å². The summed E-state index contributed by atoms with van der Waals surface area (Å²) in [7, 11) is 1.61. The van der Waals surface area contributed by atoms with Gasteiger partial charge in [-0.2, -0.15) is 0 Å². The van der Waals surface area contributed by atoms with Crippen LogP contribution in [-0.2, 0) is 0 Å². The summed E-state index contributed by atoms with van der Waals surface area (Å²) in [6.07, 6.45) is 4.12. The monoisotopic (exact) mass is 277 g/mol. The molecule has 2 N–H and O–H groups in total. The van der Waals surface area contributed by atoms with Crippen LogP contribution in [0.1, 0.15) is 43.0 Å². The highest BCUT2D eigenvalue weighted by Gasteiger charge is 2.30. The molecule has 0 saturated heterocycles. The van der Waals surface area contributed by atoms with E-state index in [4.69, 9.17) is 0 Å². The lowest BCUT2D eigenvalue weighted by Gasteiger charge is -2.25. The van der Waals surface area contributed by atoms with Gasteiger partial charge in [-0.3, -0.25) is 14.9 Å². The maximum Gasteiger partial charge on any atom is 0.293 e. The van der Waals surface area contributed by atoms with Crippen molar-refractivity contribution >= 4 is 17.3 Å². The van der Waals surface area contributed by atoms with Gasteiger partial charge in [-0.05, 0) is 31.9 Å². The van der Waals surface area contributed by atoms with Gasteiger partial charge in [0.15, 0.2) is 0 Å². The SMILES string of the molecule is CNc1ccc(C(=O)NC2(C)CCCC2)cc1[N+](=O)[O-]. The van der Waals surface area contributed by atoms with Gasteiger partial charge < -0.3 is 10.6 Å². The molecule has 2 rings (SSSR count). The molecule has 0 atom stereocenters. The second kappa shape index (κ2) is 5.48. The van der Waals surface area contributed by atoms with Gasteiger partial charge in [0.2, 0.25) is 0 Å². The predicted octanol–water partition coefficient (Wildman–Crippen LogP) is 2.70. The number of hydrogen-bond acceptors (Lipinski definition) is 4. The highest BCUT2D eigenvalue weighted by Crippen LogP contribution is 2.30. The Kier molecular flexibility index (Phi) is 3.92. The van der Waals surface area contributed by atoms with Crippen LogP contribution in [0.2, 0.25) is 0 Å². The van der Waals surface area contributed by atoms with Gasteiger partial charge >= 0.3 is 0 Å². The van der Waals surface area contributed by atoms with Crippen LogP contribution in [0.5, 0.6) is 0 Å². The van der Waals surface area contributed by atoms with E-state index >= 15 is 0 Å². The van der Waals surface area contributed by atoms with E-state index in [9.17, 15) is 14.9 Å². The van der Waals surface area contributed by atoms with Crippen LogP contribution < -0.4 is 10.6 Å². The molecule has 0 heterocycles. The Hall–Kier alpha value is -2.11. The summed E-state index contributed by atoms with van der Waals surface area (Å²) in [5, 5.41) is 16.7. The number of rotatable bonds is 4. The van der Waals surface area contributed by atoms with Crippen molar-refractivity contribution < 1.29 is 9.72 Å². The fourth-order valence-corrected chi connectivity index (χ4v) is 2.66. The number of carbonyl (C=O) groups excluding carboxylic acids is 1. The maximum atomic E-state index is 12.2. The van der Waals surface area contributed by atoms with Crippen molar-refractivity contribution in [3.63, 3.8) is 0 Å². The van der Waals surface area contributed by atoms with Crippen molar-refractivity contribution in [2.45, 2.75) is 38.1 Å². The van der Waals surface area contributed by atoms with Crippen LogP contribution in [0.4, 0.5) is 11.4 Å². The van der Waals surface area contributed by atoms with E-state index in [0.29, 0.717) is 11.3 Å². The van der Waals surface area contributed by atoms with Crippen molar-refractivity contribution in [1.82, 2.24) is 5.32 Å². The lowest BCUT2D eigenvalue weighted by Crippen LogP contribution is -2.43. The molecule has 1 amide bonds. The highest BCUT2D eigenvalue weighted by atomic mass is 16.6. The van der Waals surface area contributed by atoms with Gasteiger partial charge in [0.05, 0.1) is 4.92 Å². The maximum absolute atomic E-state index is 12.2. The normalized spacial score (nSPS) is 16.7. The number of amides is 1. The zero-order valence-electron chi connectivity index (χ0n) is 11.7. The first kappa shape index (κ1) is 14.3. The van der Waals surface area contributed by atoms with Crippen LogP contribution in [0, 0.1) is 10.1 Å². The minimum absolute atomic E-state index is 0.0864. The fourth-order valence-electron chi connectivity index (χ4n) is 2.66. The summed E-state index contributed by atoms with van der Waals surface area (Å²) >= 11 is 0. The number of nitrogens with zero attached hydrogens (tertiary/aromatic N) is 1. The molecule has 20 heavy (non-hydrogen) atoms. The molecule has 1 fully saturated rings.